The number of hydrogen-bond acceptors (Lipinski definition) is 1. The second-order valence-electron chi connectivity index (χ2n) is 7.44. The van der Waals surface area contributed by atoms with Crippen molar-refractivity contribution in [2.75, 3.05) is 0 Å². The molecule has 5 aromatic carbocycles. The Balaban J connectivity index is 1.84. The molecule has 0 saturated carbocycles. The van der Waals surface area contributed by atoms with E-state index in [1.54, 1.807) is 0 Å². The van der Waals surface area contributed by atoms with Crippen molar-refractivity contribution in [3.8, 4) is 11.1 Å². The Hall–Kier alpha value is -3.42. The van der Waals surface area contributed by atoms with Gasteiger partial charge in [-0.15, -0.1) is 11.3 Å². The van der Waals surface area contributed by atoms with Gasteiger partial charge >= 0.3 is 0 Å². The minimum Gasteiger partial charge on any atom is -0.134 e. The number of hydrogen-bond donors (Lipinski definition) is 0. The van der Waals surface area contributed by atoms with Gasteiger partial charge in [-0.2, -0.15) is 0 Å². The van der Waals surface area contributed by atoms with Gasteiger partial charge in [0.2, 0.25) is 0 Å². The van der Waals surface area contributed by atoms with Crippen molar-refractivity contribution in [1.29, 1.82) is 0 Å². The van der Waals surface area contributed by atoms with Crippen LogP contribution in [0.5, 0.6) is 0 Å². The molecule has 0 aliphatic carbocycles. The van der Waals surface area contributed by atoms with Crippen molar-refractivity contribution in [1.82, 2.24) is 0 Å². The van der Waals surface area contributed by atoms with Gasteiger partial charge in [0.15, 0.2) is 0 Å². The Labute approximate surface area is 173 Å². The monoisotopic (exact) mass is 386 g/mol. The molecule has 0 radical (unpaired) electrons. The van der Waals surface area contributed by atoms with Crippen molar-refractivity contribution in [2.24, 2.45) is 0 Å². The van der Waals surface area contributed by atoms with Gasteiger partial charge in [-0.1, -0.05) is 91.5 Å². The summed E-state index contributed by atoms with van der Waals surface area (Å²) in [4.78, 5) is 0. The smallest absolute Gasteiger partial charge is 0.0440 e. The molecule has 0 nitrogen and oxygen atoms in total. The predicted octanol–water partition coefficient (Wildman–Crippen LogP) is 8.67. The maximum atomic E-state index is 3.88. The molecule has 0 fully saturated rings. The molecule has 1 heteroatoms. The van der Waals surface area contributed by atoms with Crippen molar-refractivity contribution in [2.45, 2.75) is 0 Å². The molecule has 1 aromatic heterocycles. The van der Waals surface area contributed by atoms with Crippen LogP contribution in [0.15, 0.2) is 97.6 Å². The second kappa shape index (κ2) is 6.30. The first-order valence-corrected chi connectivity index (χ1v) is 10.6. The van der Waals surface area contributed by atoms with Gasteiger partial charge < -0.3 is 0 Å². The van der Waals surface area contributed by atoms with Crippen molar-refractivity contribution in [3.63, 3.8) is 0 Å². The van der Waals surface area contributed by atoms with Crippen LogP contribution in [0, 0.1) is 0 Å². The van der Waals surface area contributed by atoms with E-state index < -0.39 is 0 Å². The van der Waals surface area contributed by atoms with Crippen LogP contribution in [-0.4, -0.2) is 0 Å². The fraction of sp³-hybridized carbons (Fsp3) is 0. The number of rotatable bonds is 2. The van der Waals surface area contributed by atoms with E-state index in [1.165, 1.54) is 52.8 Å². The molecule has 29 heavy (non-hydrogen) atoms. The average Bonchev–Trinajstić information content (AvgIpc) is 3.19. The first kappa shape index (κ1) is 16.5. The van der Waals surface area contributed by atoms with Crippen LogP contribution in [0.2, 0.25) is 0 Å². The van der Waals surface area contributed by atoms with Crippen LogP contribution in [0.3, 0.4) is 0 Å². The lowest BCUT2D eigenvalue weighted by Crippen LogP contribution is -1.82. The summed E-state index contributed by atoms with van der Waals surface area (Å²) < 4.78 is 2.71. The number of thiophene rings is 1. The highest BCUT2D eigenvalue weighted by Gasteiger charge is 2.16. The molecular weight excluding hydrogens is 368 g/mol. The zero-order chi connectivity index (χ0) is 19.4. The minimum atomic E-state index is 1.15. The zero-order valence-electron chi connectivity index (χ0n) is 15.9. The van der Waals surface area contributed by atoms with Gasteiger partial charge in [0, 0.05) is 25.7 Å². The van der Waals surface area contributed by atoms with E-state index in [0.29, 0.717) is 0 Å². The third kappa shape index (κ3) is 2.45. The zero-order valence-corrected chi connectivity index (χ0v) is 16.7. The third-order valence-corrected chi connectivity index (χ3v) is 7.00. The highest BCUT2D eigenvalue weighted by molar-refractivity contribution is 7.26. The molecule has 0 spiro atoms. The Kier molecular flexibility index (Phi) is 3.59. The maximum Gasteiger partial charge on any atom is 0.0440 e. The quantitative estimate of drug-likeness (QED) is 0.279. The molecule has 0 bridgehead atoms. The van der Waals surface area contributed by atoms with Crippen molar-refractivity contribution < 1.29 is 0 Å². The lowest BCUT2D eigenvalue weighted by Gasteiger charge is -2.09. The summed E-state index contributed by atoms with van der Waals surface area (Å²) in [5, 5.41) is 8.00. The summed E-state index contributed by atoms with van der Waals surface area (Å²) in [6, 6.07) is 33.1. The standard InChI is InChI=1S/C28H18S/c1-2-18-11-13-20(14-12-18)24-17-21-8-4-6-10-23(21)27-26-22-9-5-3-7-19(22)15-16-25(26)29-28(24)27/h2-17H,1H2. The first-order valence-electron chi connectivity index (χ1n) is 9.82. The molecule has 0 aliphatic heterocycles. The lowest BCUT2D eigenvalue weighted by molar-refractivity contribution is 1.64. The summed E-state index contributed by atoms with van der Waals surface area (Å²) in [7, 11) is 0. The molecule has 1 heterocycles. The molecule has 0 amide bonds. The molecule has 0 N–H and O–H groups in total. The largest absolute Gasteiger partial charge is 0.134 e. The molecule has 136 valence electrons. The molecule has 0 atom stereocenters. The van der Waals surface area contributed by atoms with Gasteiger partial charge in [0.05, 0.1) is 0 Å². The van der Waals surface area contributed by atoms with E-state index in [2.05, 4.69) is 97.6 Å². The highest BCUT2D eigenvalue weighted by Crippen LogP contribution is 2.46. The Bertz CT molecular complexity index is 1550. The summed E-state index contributed by atoms with van der Waals surface area (Å²) in [5.41, 5.74) is 3.70. The van der Waals surface area contributed by atoms with Gasteiger partial charge in [0.1, 0.15) is 0 Å². The maximum absolute atomic E-state index is 3.88. The molecule has 6 rings (SSSR count). The number of benzene rings is 5. The minimum absolute atomic E-state index is 1.15. The Morgan fingerprint density at radius 1 is 0.655 bits per heavy atom. The topological polar surface area (TPSA) is 0 Å². The molecule has 0 saturated heterocycles. The SMILES string of the molecule is C=Cc1ccc(-c2cc3ccccc3c3c2sc2ccc4ccccc4c23)cc1. The summed E-state index contributed by atoms with van der Waals surface area (Å²) in [6.45, 7) is 3.88. The van der Waals surface area contributed by atoms with E-state index >= 15 is 0 Å². The Morgan fingerprint density at radius 2 is 1.34 bits per heavy atom. The summed E-state index contributed by atoms with van der Waals surface area (Å²) >= 11 is 1.90. The van der Waals surface area contributed by atoms with Gasteiger partial charge in [-0.05, 0) is 44.8 Å². The van der Waals surface area contributed by atoms with Crippen LogP contribution < -0.4 is 0 Å². The normalized spacial score (nSPS) is 11.6. The van der Waals surface area contributed by atoms with Crippen LogP contribution in [0.4, 0.5) is 0 Å². The van der Waals surface area contributed by atoms with E-state index in [-0.39, 0.29) is 0 Å². The fourth-order valence-electron chi connectivity index (χ4n) is 4.40. The van der Waals surface area contributed by atoms with Crippen LogP contribution in [0.25, 0.3) is 58.9 Å². The van der Waals surface area contributed by atoms with Gasteiger partial charge in [-0.25, -0.2) is 0 Å². The predicted molar refractivity (Wildman–Crippen MR) is 130 cm³/mol. The van der Waals surface area contributed by atoms with Crippen LogP contribution in [0.1, 0.15) is 5.56 Å². The lowest BCUT2D eigenvalue weighted by atomic mass is 9.94. The summed E-state index contributed by atoms with van der Waals surface area (Å²) in [5.74, 6) is 0. The van der Waals surface area contributed by atoms with Gasteiger partial charge in [-0.3, -0.25) is 0 Å². The van der Waals surface area contributed by atoms with E-state index in [0.717, 1.165) is 5.56 Å². The highest BCUT2D eigenvalue weighted by atomic mass is 32.1. The van der Waals surface area contributed by atoms with Gasteiger partial charge in [0.25, 0.3) is 0 Å². The van der Waals surface area contributed by atoms with Crippen molar-refractivity contribution in [3.05, 3.63) is 103 Å². The van der Waals surface area contributed by atoms with Crippen LogP contribution >= 0.6 is 11.3 Å². The molecule has 6 aromatic rings. The van der Waals surface area contributed by atoms with Crippen LogP contribution in [-0.2, 0) is 0 Å². The third-order valence-electron chi connectivity index (χ3n) is 5.81. The average molecular weight is 387 g/mol. The second-order valence-corrected chi connectivity index (χ2v) is 8.49. The van der Waals surface area contributed by atoms with E-state index in [9.17, 15) is 0 Å². The Morgan fingerprint density at radius 3 is 2.10 bits per heavy atom. The van der Waals surface area contributed by atoms with E-state index in [4.69, 9.17) is 0 Å². The first-order chi connectivity index (χ1) is 14.3. The number of fused-ring (bicyclic) bond motifs is 7. The summed E-state index contributed by atoms with van der Waals surface area (Å²) in [6.07, 6.45) is 1.89. The molecule has 0 unspecified atom stereocenters. The van der Waals surface area contributed by atoms with E-state index in [1.807, 2.05) is 17.4 Å². The van der Waals surface area contributed by atoms with Crippen molar-refractivity contribution >= 4 is 59.1 Å². The molecular formula is C28H18S. The fourth-order valence-corrected chi connectivity index (χ4v) is 5.67. The molecule has 0 aliphatic rings.